The Morgan fingerprint density at radius 2 is 1.72 bits per heavy atom. The number of furan rings is 1. The summed E-state index contributed by atoms with van der Waals surface area (Å²) in [5, 5.41) is 5.53. The number of anilines is 1. The second kappa shape index (κ2) is 10.7. The number of hydrogen-bond donors (Lipinski definition) is 3. The third-order valence-electron chi connectivity index (χ3n) is 4.77. The molecule has 0 aliphatic carbocycles. The zero-order valence-electron chi connectivity index (χ0n) is 17.0. The molecule has 0 saturated carbocycles. The van der Waals surface area contributed by atoms with Gasteiger partial charge < -0.3 is 30.3 Å². The molecule has 1 aromatic heterocycles. The lowest BCUT2D eigenvalue weighted by molar-refractivity contribution is 0.0942. The van der Waals surface area contributed by atoms with Gasteiger partial charge in [-0.2, -0.15) is 0 Å². The number of rotatable bonds is 9. The normalized spacial score (nSPS) is 10.7. The van der Waals surface area contributed by atoms with E-state index in [1.807, 2.05) is 13.8 Å². The smallest absolute Gasteiger partial charge is 0.291 e. The Morgan fingerprint density at radius 1 is 1.10 bits per heavy atom. The Hall–Kier alpha value is -2.71. The lowest BCUT2D eigenvalue weighted by Gasteiger charge is -2.27. The highest BCUT2D eigenvalue weighted by molar-refractivity contribution is 6.08. The van der Waals surface area contributed by atoms with Crippen LogP contribution < -0.4 is 25.8 Å². The minimum absolute atomic E-state index is 0. The molecule has 29 heavy (non-hydrogen) atoms. The molecule has 2 aromatic rings. The molecule has 2 amide bonds. The van der Waals surface area contributed by atoms with Gasteiger partial charge in [0.05, 0.1) is 31.7 Å². The minimum Gasteiger partial charge on any atom is -0.493 e. The van der Waals surface area contributed by atoms with Crippen LogP contribution in [-0.2, 0) is 0 Å². The van der Waals surface area contributed by atoms with E-state index in [0.29, 0.717) is 18.0 Å². The minimum atomic E-state index is -0.496. The summed E-state index contributed by atoms with van der Waals surface area (Å²) in [5.74, 6) is 0.00536. The third kappa shape index (κ3) is 5.88. The fraction of sp³-hybridized carbons (Fsp3) is 0.400. The van der Waals surface area contributed by atoms with Crippen LogP contribution in [0, 0.1) is 0 Å². The van der Waals surface area contributed by atoms with E-state index >= 15 is 0 Å². The SMILES string of the molecule is CCC(N)(CC)CNC(=O)c1cc(OC)c(OC)cc1NC(=O)c1ccco1.Cl. The van der Waals surface area contributed by atoms with Gasteiger partial charge in [0.15, 0.2) is 17.3 Å². The summed E-state index contributed by atoms with van der Waals surface area (Å²) in [6.45, 7) is 4.25. The predicted octanol–water partition coefficient (Wildman–Crippen LogP) is 3.22. The summed E-state index contributed by atoms with van der Waals surface area (Å²) in [6, 6.07) is 6.18. The van der Waals surface area contributed by atoms with E-state index in [2.05, 4.69) is 10.6 Å². The molecule has 0 fully saturated rings. The first-order valence-electron chi connectivity index (χ1n) is 9.05. The number of carbonyl (C=O) groups is 2. The van der Waals surface area contributed by atoms with Crippen LogP contribution in [0.5, 0.6) is 11.5 Å². The molecule has 0 bridgehead atoms. The van der Waals surface area contributed by atoms with Crippen molar-refractivity contribution in [2.45, 2.75) is 32.2 Å². The van der Waals surface area contributed by atoms with Gasteiger partial charge in [-0.15, -0.1) is 12.4 Å². The number of amides is 2. The average molecular weight is 426 g/mol. The van der Waals surface area contributed by atoms with Gasteiger partial charge >= 0.3 is 0 Å². The maximum Gasteiger partial charge on any atom is 0.291 e. The van der Waals surface area contributed by atoms with Crippen molar-refractivity contribution >= 4 is 29.9 Å². The quantitative estimate of drug-likeness (QED) is 0.568. The monoisotopic (exact) mass is 425 g/mol. The van der Waals surface area contributed by atoms with Crippen molar-refractivity contribution in [2.24, 2.45) is 5.73 Å². The number of hydrogen-bond acceptors (Lipinski definition) is 6. The first-order valence-corrected chi connectivity index (χ1v) is 9.05. The zero-order chi connectivity index (χ0) is 20.7. The van der Waals surface area contributed by atoms with Gasteiger partial charge in [0.25, 0.3) is 11.8 Å². The van der Waals surface area contributed by atoms with Crippen LogP contribution in [0.2, 0.25) is 0 Å². The van der Waals surface area contributed by atoms with Crippen LogP contribution >= 0.6 is 12.4 Å². The molecule has 0 radical (unpaired) electrons. The van der Waals surface area contributed by atoms with Gasteiger partial charge in [0.2, 0.25) is 0 Å². The van der Waals surface area contributed by atoms with E-state index in [-0.39, 0.29) is 35.3 Å². The maximum absolute atomic E-state index is 12.8. The van der Waals surface area contributed by atoms with Crippen LogP contribution in [0.25, 0.3) is 0 Å². The van der Waals surface area contributed by atoms with Gasteiger partial charge in [-0.1, -0.05) is 13.8 Å². The molecule has 0 aliphatic heterocycles. The molecular formula is C20H28ClN3O5. The molecular weight excluding hydrogens is 398 g/mol. The highest BCUT2D eigenvalue weighted by atomic mass is 35.5. The van der Waals surface area contributed by atoms with E-state index in [9.17, 15) is 9.59 Å². The van der Waals surface area contributed by atoms with Crippen molar-refractivity contribution in [1.29, 1.82) is 0 Å². The molecule has 0 aliphatic rings. The number of benzene rings is 1. The molecule has 2 rings (SSSR count). The Kier molecular flexibility index (Phi) is 9.00. The molecule has 0 saturated heterocycles. The van der Waals surface area contributed by atoms with E-state index in [1.165, 1.54) is 38.7 Å². The van der Waals surface area contributed by atoms with E-state index < -0.39 is 11.4 Å². The van der Waals surface area contributed by atoms with Crippen molar-refractivity contribution in [1.82, 2.24) is 5.32 Å². The molecule has 0 unspecified atom stereocenters. The van der Waals surface area contributed by atoms with Crippen LogP contribution in [-0.4, -0.2) is 38.1 Å². The summed E-state index contributed by atoms with van der Waals surface area (Å²) >= 11 is 0. The topological polar surface area (TPSA) is 116 Å². The van der Waals surface area contributed by atoms with Gasteiger partial charge in [0.1, 0.15) is 0 Å². The van der Waals surface area contributed by atoms with Gasteiger partial charge in [-0.05, 0) is 31.0 Å². The van der Waals surface area contributed by atoms with Crippen molar-refractivity contribution in [3.8, 4) is 11.5 Å². The summed E-state index contributed by atoms with van der Waals surface area (Å²) < 4.78 is 15.7. The zero-order valence-corrected chi connectivity index (χ0v) is 17.9. The Bertz CT molecular complexity index is 820. The molecule has 4 N–H and O–H groups in total. The van der Waals surface area contributed by atoms with Crippen LogP contribution in [0.1, 0.15) is 47.6 Å². The second-order valence-corrected chi connectivity index (χ2v) is 6.44. The van der Waals surface area contributed by atoms with Gasteiger partial charge in [-0.25, -0.2) is 0 Å². The molecule has 0 atom stereocenters. The lowest BCUT2D eigenvalue weighted by Crippen LogP contribution is -2.49. The highest BCUT2D eigenvalue weighted by Crippen LogP contribution is 2.33. The molecule has 9 heteroatoms. The first-order chi connectivity index (χ1) is 13.4. The van der Waals surface area contributed by atoms with Crippen molar-refractivity contribution in [2.75, 3.05) is 26.1 Å². The molecule has 8 nitrogen and oxygen atoms in total. The van der Waals surface area contributed by atoms with Crippen molar-refractivity contribution in [3.05, 3.63) is 41.9 Å². The van der Waals surface area contributed by atoms with E-state index in [1.54, 1.807) is 6.07 Å². The Balaban J connectivity index is 0.00000420. The summed E-state index contributed by atoms with van der Waals surface area (Å²) in [5.41, 5.74) is 6.27. The standard InChI is InChI=1S/C20H27N3O5.ClH/c1-5-20(21,6-2)12-22-18(24)13-10-16(26-3)17(27-4)11-14(13)23-19(25)15-8-7-9-28-15;/h7-11H,5-6,12,21H2,1-4H3,(H,22,24)(H,23,25);1H. The van der Waals surface area contributed by atoms with Crippen LogP contribution in [0.4, 0.5) is 5.69 Å². The van der Waals surface area contributed by atoms with Crippen LogP contribution in [0.15, 0.2) is 34.9 Å². The van der Waals surface area contributed by atoms with E-state index in [4.69, 9.17) is 19.6 Å². The third-order valence-corrected chi connectivity index (χ3v) is 4.77. The van der Waals surface area contributed by atoms with Crippen molar-refractivity contribution in [3.63, 3.8) is 0 Å². The summed E-state index contributed by atoms with van der Waals surface area (Å²) in [4.78, 5) is 25.2. The van der Waals surface area contributed by atoms with Gasteiger partial charge in [-0.3, -0.25) is 9.59 Å². The Labute approximate surface area is 176 Å². The second-order valence-electron chi connectivity index (χ2n) is 6.44. The highest BCUT2D eigenvalue weighted by Gasteiger charge is 2.24. The summed E-state index contributed by atoms with van der Waals surface area (Å²) in [7, 11) is 2.95. The first kappa shape index (κ1) is 24.3. The fourth-order valence-corrected chi connectivity index (χ4v) is 2.61. The lowest BCUT2D eigenvalue weighted by atomic mass is 9.94. The number of nitrogens with one attached hydrogen (secondary N) is 2. The number of ether oxygens (including phenoxy) is 2. The molecule has 160 valence electrons. The number of nitrogens with two attached hydrogens (primary N) is 1. The van der Waals surface area contributed by atoms with Crippen LogP contribution in [0.3, 0.4) is 0 Å². The number of halogens is 1. The van der Waals surface area contributed by atoms with E-state index in [0.717, 1.165) is 12.8 Å². The summed E-state index contributed by atoms with van der Waals surface area (Å²) in [6.07, 6.45) is 2.84. The maximum atomic E-state index is 12.8. The Morgan fingerprint density at radius 3 is 2.24 bits per heavy atom. The van der Waals surface area contributed by atoms with Crippen molar-refractivity contribution < 1.29 is 23.5 Å². The molecule has 1 heterocycles. The molecule has 0 spiro atoms. The number of carbonyl (C=O) groups excluding carboxylic acids is 2. The number of methoxy groups -OCH3 is 2. The molecule has 1 aromatic carbocycles. The predicted molar refractivity (Wildman–Crippen MR) is 113 cm³/mol. The average Bonchev–Trinajstić information content (AvgIpc) is 3.26. The van der Waals surface area contributed by atoms with Gasteiger partial charge in [0, 0.05) is 18.2 Å². The largest absolute Gasteiger partial charge is 0.493 e. The fourth-order valence-electron chi connectivity index (χ4n) is 2.61.